The van der Waals surface area contributed by atoms with Crippen molar-refractivity contribution in [3.63, 3.8) is 0 Å². The number of rotatable bonds is 6. The average molecular weight is 448 g/mol. The Balaban J connectivity index is 1.61. The molecule has 2 N–H and O–H groups in total. The first-order valence-corrected chi connectivity index (χ1v) is 11.5. The zero-order valence-corrected chi connectivity index (χ0v) is 18.7. The van der Waals surface area contributed by atoms with Crippen LogP contribution in [0.2, 0.25) is 0 Å². The number of carbonyl (C=O) groups excluding carboxylic acids is 1. The van der Waals surface area contributed by atoms with Crippen LogP contribution in [0.25, 0.3) is 33.6 Å². The molecular weight excluding hydrogens is 421 g/mol. The molecule has 3 heterocycles. The minimum atomic E-state index is -0.575. The van der Waals surface area contributed by atoms with Crippen molar-refractivity contribution in [3.05, 3.63) is 47.4 Å². The molecule has 0 bridgehead atoms. The SMILES string of the molecule is COC(=O)c1cc(F)c2c(c1)nc(-c1cc3ccc([C@@H](C)N)nc3n1CC1CC1)n2C1CC1. The summed E-state index contributed by atoms with van der Waals surface area (Å²) < 4.78 is 24.3. The Morgan fingerprint density at radius 2 is 2.00 bits per heavy atom. The third-order valence-electron chi connectivity index (χ3n) is 6.67. The van der Waals surface area contributed by atoms with Gasteiger partial charge in [-0.05, 0) is 68.9 Å². The van der Waals surface area contributed by atoms with Crippen LogP contribution in [-0.2, 0) is 11.3 Å². The Labute approximate surface area is 190 Å². The van der Waals surface area contributed by atoms with Gasteiger partial charge in [-0.1, -0.05) is 0 Å². The summed E-state index contributed by atoms with van der Waals surface area (Å²) in [5, 5.41) is 1.01. The van der Waals surface area contributed by atoms with Crippen molar-refractivity contribution in [1.82, 2.24) is 19.1 Å². The van der Waals surface area contributed by atoms with Crippen LogP contribution in [0.15, 0.2) is 30.3 Å². The number of ether oxygens (including phenoxy) is 1. The number of hydrogen-bond acceptors (Lipinski definition) is 5. The Kier molecular flexibility index (Phi) is 4.55. The summed E-state index contributed by atoms with van der Waals surface area (Å²) in [5.74, 6) is 0.297. The van der Waals surface area contributed by atoms with E-state index in [1.54, 1.807) is 6.07 Å². The number of nitrogens with zero attached hydrogens (tertiary/aromatic N) is 4. The molecule has 0 aliphatic heterocycles. The fraction of sp³-hybridized carbons (Fsp3) is 0.400. The lowest BCUT2D eigenvalue weighted by atomic mass is 10.2. The number of aromatic nitrogens is 4. The van der Waals surface area contributed by atoms with Crippen LogP contribution in [0, 0.1) is 11.7 Å². The van der Waals surface area contributed by atoms with Crippen LogP contribution in [0.1, 0.15) is 60.7 Å². The highest BCUT2D eigenvalue weighted by molar-refractivity contribution is 5.95. The van der Waals surface area contributed by atoms with E-state index in [2.05, 4.69) is 10.6 Å². The van der Waals surface area contributed by atoms with Crippen LogP contribution in [0.3, 0.4) is 0 Å². The number of esters is 1. The van der Waals surface area contributed by atoms with Gasteiger partial charge in [0.05, 0.1) is 29.6 Å². The molecule has 7 nitrogen and oxygen atoms in total. The lowest BCUT2D eigenvalue weighted by molar-refractivity contribution is 0.0600. The zero-order valence-electron chi connectivity index (χ0n) is 18.7. The molecule has 2 aliphatic carbocycles. The van der Waals surface area contributed by atoms with Crippen LogP contribution < -0.4 is 5.73 Å². The van der Waals surface area contributed by atoms with Gasteiger partial charge in [0.25, 0.3) is 0 Å². The fourth-order valence-corrected chi connectivity index (χ4v) is 4.61. The van der Waals surface area contributed by atoms with E-state index in [1.807, 2.05) is 23.6 Å². The first-order valence-electron chi connectivity index (χ1n) is 11.5. The Morgan fingerprint density at radius 1 is 1.21 bits per heavy atom. The van der Waals surface area contributed by atoms with Crippen LogP contribution in [-0.4, -0.2) is 32.2 Å². The lowest BCUT2D eigenvalue weighted by Crippen LogP contribution is -2.10. The van der Waals surface area contributed by atoms with Crippen molar-refractivity contribution in [2.75, 3.05) is 7.11 Å². The summed E-state index contributed by atoms with van der Waals surface area (Å²) in [6.07, 6.45) is 4.35. The maximum Gasteiger partial charge on any atom is 0.338 e. The van der Waals surface area contributed by atoms with Crippen molar-refractivity contribution < 1.29 is 13.9 Å². The second-order valence-electron chi connectivity index (χ2n) is 9.38. The highest BCUT2D eigenvalue weighted by atomic mass is 19.1. The molecule has 8 heteroatoms. The third kappa shape index (κ3) is 3.40. The van der Waals surface area contributed by atoms with Gasteiger partial charge in [-0.15, -0.1) is 0 Å². The number of nitrogens with two attached hydrogens (primary N) is 1. The molecule has 2 aliphatic rings. The van der Waals surface area contributed by atoms with Crippen LogP contribution in [0.4, 0.5) is 4.39 Å². The lowest BCUT2D eigenvalue weighted by Gasteiger charge is -2.13. The molecule has 0 unspecified atom stereocenters. The number of hydrogen-bond donors (Lipinski definition) is 1. The summed E-state index contributed by atoms with van der Waals surface area (Å²) in [6.45, 7) is 2.77. The first-order chi connectivity index (χ1) is 15.9. The molecule has 2 saturated carbocycles. The molecule has 0 radical (unpaired) electrons. The fourth-order valence-electron chi connectivity index (χ4n) is 4.61. The summed E-state index contributed by atoms with van der Waals surface area (Å²) in [7, 11) is 1.29. The van der Waals surface area contributed by atoms with E-state index in [4.69, 9.17) is 20.4 Å². The number of fused-ring (bicyclic) bond motifs is 2. The maximum atomic E-state index is 15.3. The molecular formula is C25H26FN5O2. The molecule has 33 heavy (non-hydrogen) atoms. The third-order valence-corrected chi connectivity index (χ3v) is 6.67. The van der Waals surface area contributed by atoms with Gasteiger partial charge in [-0.3, -0.25) is 0 Å². The summed E-state index contributed by atoms with van der Waals surface area (Å²) in [4.78, 5) is 21.8. The van der Waals surface area contributed by atoms with Crippen LogP contribution in [0.5, 0.6) is 0 Å². The monoisotopic (exact) mass is 447 g/mol. The standard InChI is InChI=1S/C25H26FN5O2/c1-13(27)19-8-5-15-11-21(30(23(15)28-19)12-14-3-4-14)24-29-20-10-16(25(32)33-2)9-18(26)22(20)31(24)17-6-7-17/h5,8-11,13-14,17H,3-4,6-7,12,27H2,1-2H3/t13-/m1/s1. The second kappa shape index (κ2) is 7.38. The van der Waals surface area contributed by atoms with Crippen molar-refractivity contribution in [2.24, 2.45) is 11.7 Å². The number of methoxy groups -OCH3 is 1. The molecule has 4 aromatic rings. The molecule has 3 aromatic heterocycles. The Bertz CT molecular complexity index is 1410. The molecule has 2 fully saturated rings. The van der Waals surface area contributed by atoms with Gasteiger partial charge in [0.15, 0.2) is 5.82 Å². The number of benzene rings is 1. The Morgan fingerprint density at radius 3 is 2.67 bits per heavy atom. The van der Waals surface area contributed by atoms with Gasteiger partial charge in [-0.25, -0.2) is 19.2 Å². The largest absolute Gasteiger partial charge is 0.465 e. The number of halogens is 1. The van der Waals surface area contributed by atoms with E-state index < -0.39 is 11.8 Å². The van der Waals surface area contributed by atoms with Gasteiger partial charge >= 0.3 is 5.97 Å². The summed E-state index contributed by atoms with van der Waals surface area (Å²) in [5.41, 5.74) is 9.82. The van der Waals surface area contributed by atoms with E-state index in [-0.39, 0.29) is 17.6 Å². The van der Waals surface area contributed by atoms with Gasteiger partial charge < -0.3 is 19.6 Å². The normalized spacial score (nSPS) is 17.1. The van der Waals surface area contributed by atoms with Crippen molar-refractivity contribution >= 4 is 28.0 Å². The topological polar surface area (TPSA) is 88.0 Å². The molecule has 1 atom stereocenters. The predicted octanol–water partition coefficient (Wildman–Crippen LogP) is 4.74. The average Bonchev–Trinajstić information content (AvgIpc) is 3.73. The quantitative estimate of drug-likeness (QED) is 0.431. The van der Waals surface area contributed by atoms with E-state index in [0.717, 1.165) is 47.6 Å². The molecule has 0 spiro atoms. The predicted molar refractivity (Wildman–Crippen MR) is 123 cm³/mol. The number of carbonyl (C=O) groups is 1. The summed E-state index contributed by atoms with van der Waals surface area (Å²) >= 11 is 0. The van der Waals surface area contributed by atoms with E-state index in [9.17, 15) is 4.79 Å². The minimum absolute atomic E-state index is 0.163. The van der Waals surface area contributed by atoms with E-state index >= 15 is 4.39 Å². The Hall–Kier alpha value is -3.26. The first kappa shape index (κ1) is 20.4. The molecule has 170 valence electrons. The molecule has 0 amide bonds. The van der Waals surface area contributed by atoms with Gasteiger partial charge in [-0.2, -0.15) is 0 Å². The smallest absolute Gasteiger partial charge is 0.338 e. The second-order valence-corrected chi connectivity index (χ2v) is 9.38. The highest BCUT2D eigenvalue weighted by Crippen LogP contribution is 2.43. The molecule has 0 saturated heterocycles. The number of pyridine rings is 1. The van der Waals surface area contributed by atoms with Crippen LogP contribution >= 0.6 is 0 Å². The van der Waals surface area contributed by atoms with E-state index in [0.29, 0.717) is 17.0 Å². The number of imidazole rings is 1. The van der Waals surface area contributed by atoms with Gasteiger partial charge in [0, 0.05) is 24.0 Å². The van der Waals surface area contributed by atoms with Gasteiger partial charge in [0.1, 0.15) is 17.0 Å². The van der Waals surface area contributed by atoms with Crippen molar-refractivity contribution in [2.45, 2.75) is 51.2 Å². The zero-order chi connectivity index (χ0) is 22.9. The molecule has 6 rings (SSSR count). The van der Waals surface area contributed by atoms with Crippen molar-refractivity contribution in [3.8, 4) is 11.5 Å². The molecule has 1 aromatic carbocycles. The van der Waals surface area contributed by atoms with Gasteiger partial charge in [0.2, 0.25) is 0 Å². The summed E-state index contributed by atoms with van der Waals surface area (Å²) in [6, 6.07) is 9.00. The van der Waals surface area contributed by atoms with E-state index in [1.165, 1.54) is 26.0 Å². The minimum Gasteiger partial charge on any atom is -0.465 e. The maximum absolute atomic E-state index is 15.3. The highest BCUT2D eigenvalue weighted by Gasteiger charge is 2.33. The van der Waals surface area contributed by atoms with Crippen molar-refractivity contribution in [1.29, 1.82) is 0 Å².